The summed E-state index contributed by atoms with van der Waals surface area (Å²) in [4.78, 5) is 29.2. The van der Waals surface area contributed by atoms with Gasteiger partial charge in [0.25, 0.3) is 0 Å². The first kappa shape index (κ1) is 21.0. The van der Waals surface area contributed by atoms with Crippen molar-refractivity contribution in [2.24, 2.45) is 13.0 Å². The Hall–Kier alpha value is -1.08. The number of hydrogen-bond donors (Lipinski definition) is 1. The lowest BCUT2D eigenvalue weighted by Crippen LogP contribution is -2.49. The molecule has 9 heteroatoms. The topological polar surface area (TPSA) is 68.9 Å². The van der Waals surface area contributed by atoms with Gasteiger partial charge >= 0.3 is 11.1 Å². The highest BCUT2D eigenvalue weighted by Gasteiger charge is 2.29. The number of piperidine rings is 1. The lowest BCUT2D eigenvalue weighted by atomic mass is 9.91. The average Bonchev–Trinajstić information content (AvgIpc) is 2.49. The molecule has 0 unspecified atom stereocenters. The summed E-state index contributed by atoms with van der Waals surface area (Å²) in [6, 6.07) is 1.92. The molecule has 0 spiro atoms. The minimum absolute atomic E-state index is 0. The largest absolute Gasteiger partial charge is 0.318 e. The van der Waals surface area contributed by atoms with Gasteiger partial charge < -0.3 is 9.88 Å². The van der Waals surface area contributed by atoms with Gasteiger partial charge in [-0.1, -0.05) is 18.5 Å². The molecule has 0 amide bonds. The zero-order valence-corrected chi connectivity index (χ0v) is 16.0. The van der Waals surface area contributed by atoms with Crippen LogP contribution < -0.4 is 16.4 Å². The van der Waals surface area contributed by atoms with Crippen LogP contribution >= 0.6 is 36.4 Å². The van der Waals surface area contributed by atoms with Crippen molar-refractivity contribution in [3.63, 3.8) is 0 Å². The van der Waals surface area contributed by atoms with E-state index in [1.54, 1.807) is 17.7 Å². The number of halogens is 3. The number of rotatable bonds is 1. The third-order valence-electron chi connectivity index (χ3n) is 4.48. The van der Waals surface area contributed by atoms with Crippen molar-refractivity contribution < 1.29 is 0 Å². The van der Waals surface area contributed by atoms with Gasteiger partial charge in [-0.2, -0.15) is 0 Å². The van der Waals surface area contributed by atoms with E-state index in [4.69, 9.17) is 11.6 Å². The molecule has 0 aromatic carbocycles. The Balaban J connectivity index is 0.00000144. The smallest absolute Gasteiger partial charge is 0.314 e. The molecule has 0 aliphatic carbocycles. The Bertz CT molecular complexity index is 849. The summed E-state index contributed by atoms with van der Waals surface area (Å²) in [5.74, 6) is 0.238. The van der Waals surface area contributed by atoms with E-state index in [1.165, 1.54) is 10.8 Å². The third-order valence-corrected chi connectivity index (χ3v) is 4.69. The molecule has 2 aromatic rings. The molecule has 1 saturated heterocycles. The maximum Gasteiger partial charge on any atom is 0.318 e. The SMILES string of the molecule is C[C@@H]1C[C@@H](n2c(=O)c(=O)n(C)c3cc(Cl)cnc32)[C@H](C)CN1.Cl.Cl. The lowest BCUT2D eigenvalue weighted by molar-refractivity contribution is 0.233. The second kappa shape index (κ2) is 7.87. The molecule has 6 nitrogen and oxygen atoms in total. The van der Waals surface area contributed by atoms with Crippen molar-refractivity contribution in [1.29, 1.82) is 0 Å². The van der Waals surface area contributed by atoms with Crippen LogP contribution in [-0.2, 0) is 7.05 Å². The van der Waals surface area contributed by atoms with Crippen molar-refractivity contribution in [2.45, 2.75) is 32.4 Å². The normalized spacial score (nSPS) is 23.4. The first-order valence-corrected chi connectivity index (χ1v) is 7.78. The van der Waals surface area contributed by atoms with Crippen LogP contribution in [0.5, 0.6) is 0 Å². The van der Waals surface area contributed by atoms with E-state index in [0.717, 1.165) is 13.0 Å². The molecule has 1 fully saturated rings. The Kier molecular flexibility index (Phi) is 6.87. The number of aromatic nitrogens is 3. The molecular weight excluding hydrogens is 375 g/mol. The molecule has 0 bridgehead atoms. The van der Waals surface area contributed by atoms with Gasteiger partial charge in [-0.15, -0.1) is 24.8 Å². The van der Waals surface area contributed by atoms with Gasteiger partial charge in [-0.05, 0) is 31.9 Å². The Morgan fingerprint density at radius 1 is 1.25 bits per heavy atom. The molecule has 3 rings (SSSR count). The van der Waals surface area contributed by atoms with Crippen LogP contribution in [0.3, 0.4) is 0 Å². The van der Waals surface area contributed by atoms with Crippen LogP contribution in [0, 0.1) is 5.92 Å². The van der Waals surface area contributed by atoms with E-state index < -0.39 is 11.1 Å². The number of pyridine rings is 1. The van der Waals surface area contributed by atoms with E-state index in [9.17, 15) is 9.59 Å². The van der Waals surface area contributed by atoms with E-state index in [-0.39, 0.29) is 36.8 Å². The molecule has 0 saturated carbocycles. The number of nitrogens with one attached hydrogen (secondary N) is 1. The quantitative estimate of drug-likeness (QED) is 0.751. The second-order valence-corrected chi connectivity index (χ2v) is 6.56. The summed E-state index contributed by atoms with van der Waals surface area (Å²) >= 11 is 6.00. The molecule has 3 heterocycles. The first-order valence-electron chi connectivity index (χ1n) is 7.40. The highest BCUT2D eigenvalue weighted by atomic mass is 35.5. The van der Waals surface area contributed by atoms with Crippen LogP contribution in [0.25, 0.3) is 11.2 Å². The van der Waals surface area contributed by atoms with Crippen LogP contribution in [0.4, 0.5) is 0 Å². The van der Waals surface area contributed by atoms with E-state index in [1.807, 2.05) is 0 Å². The van der Waals surface area contributed by atoms with Crippen LogP contribution in [0.15, 0.2) is 21.9 Å². The number of fused-ring (bicyclic) bond motifs is 1. The highest BCUT2D eigenvalue weighted by molar-refractivity contribution is 6.31. The molecule has 2 aromatic heterocycles. The summed E-state index contributed by atoms with van der Waals surface area (Å²) in [7, 11) is 1.57. The zero-order valence-electron chi connectivity index (χ0n) is 13.7. The molecule has 24 heavy (non-hydrogen) atoms. The van der Waals surface area contributed by atoms with Crippen molar-refractivity contribution in [3.05, 3.63) is 38.0 Å². The van der Waals surface area contributed by atoms with E-state index in [0.29, 0.717) is 22.2 Å². The molecule has 134 valence electrons. The summed E-state index contributed by atoms with van der Waals surface area (Å²) in [6.45, 7) is 4.97. The summed E-state index contributed by atoms with van der Waals surface area (Å²) in [5, 5.41) is 3.84. The van der Waals surface area contributed by atoms with Crippen molar-refractivity contribution in [1.82, 2.24) is 19.4 Å². The van der Waals surface area contributed by atoms with E-state index in [2.05, 4.69) is 24.1 Å². The maximum absolute atomic E-state index is 12.6. The predicted octanol–water partition coefficient (Wildman–Crippen LogP) is 2.15. The molecule has 0 radical (unpaired) electrons. The van der Waals surface area contributed by atoms with Crippen molar-refractivity contribution in [2.75, 3.05) is 6.54 Å². The van der Waals surface area contributed by atoms with Crippen LogP contribution in [0.2, 0.25) is 5.02 Å². The predicted molar refractivity (Wildman–Crippen MR) is 101 cm³/mol. The highest BCUT2D eigenvalue weighted by Crippen LogP contribution is 2.28. The molecular formula is C15H21Cl3N4O2. The Morgan fingerprint density at radius 2 is 1.92 bits per heavy atom. The van der Waals surface area contributed by atoms with Gasteiger partial charge in [0.2, 0.25) is 0 Å². The van der Waals surface area contributed by atoms with Crippen molar-refractivity contribution >= 4 is 47.6 Å². The standard InChI is InChI=1S/C15H19ClN4O2.2ClH/c1-8-6-17-9(2)4-11(8)20-13-12(5-10(16)7-18-13)19(3)14(21)15(20)22;;/h5,7-9,11,17H,4,6H2,1-3H3;2*1H/t8-,9-,11-;;/m1../s1. The molecule has 1 N–H and O–H groups in total. The molecule has 1 aliphatic heterocycles. The van der Waals surface area contributed by atoms with Crippen molar-refractivity contribution in [3.8, 4) is 0 Å². The Morgan fingerprint density at radius 3 is 2.58 bits per heavy atom. The van der Waals surface area contributed by atoms with Crippen LogP contribution in [-0.4, -0.2) is 26.7 Å². The first-order chi connectivity index (χ1) is 10.4. The van der Waals surface area contributed by atoms with Gasteiger partial charge in [-0.25, -0.2) is 4.98 Å². The summed E-state index contributed by atoms with van der Waals surface area (Å²) in [5.41, 5.74) is 0.0312. The van der Waals surface area contributed by atoms with Gasteiger partial charge in [0.15, 0.2) is 5.65 Å². The van der Waals surface area contributed by atoms with Gasteiger partial charge in [0.05, 0.1) is 10.5 Å². The van der Waals surface area contributed by atoms with Gasteiger partial charge in [0.1, 0.15) is 0 Å². The summed E-state index contributed by atoms with van der Waals surface area (Å²) < 4.78 is 2.89. The number of aryl methyl sites for hydroxylation is 1. The van der Waals surface area contributed by atoms with Gasteiger partial charge in [0, 0.05) is 25.3 Å². The number of hydrogen-bond acceptors (Lipinski definition) is 4. The zero-order chi connectivity index (χ0) is 16.0. The monoisotopic (exact) mass is 394 g/mol. The lowest BCUT2D eigenvalue weighted by Gasteiger charge is -2.35. The number of nitrogens with zero attached hydrogens (tertiary/aromatic N) is 3. The average molecular weight is 396 g/mol. The minimum atomic E-state index is -0.546. The van der Waals surface area contributed by atoms with E-state index >= 15 is 0 Å². The van der Waals surface area contributed by atoms with Gasteiger partial charge in [-0.3, -0.25) is 14.2 Å². The third kappa shape index (κ3) is 3.47. The summed E-state index contributed by atoms with van der Waals surface area (Å²) in [6.07, 6.45) is 2.30. The molecule has 1 aliphatic rings. The Labute approximate surface area is 157 Å². The fraction of sp³-hybridized carbons (Fsp3) is 0.533. The maximum atomic E-state index is 12.6. The minimum Gasteiger partial charge on any atom is -0.314 e. The second-order valence-electron chi connectivity index (χ2n) is 6.13. The molecule has 3 atom stereocenters. The fourth-order valence-corrected chi connectivity index (χ4v) is 3.33. The fourth-order valence-electron chi connectivity index (χ4n) is 3.17. The van der Waals surface area contributed by atoms with Crippen LogP contribution in [0.1, 0.15) is 26.3 Å².